The Morgan fingerprint density at radius 2 is 2.27 bits per heavy atom. The molecule has 0 atom stereocenters. The molecule has 0 radical (unpaired) electrons. The van der Waals surface area contributed by atoms with Gasteiger partial charge in [-0.2, -0.15) is 0 Å². The monoisotopic (exact) mass is 154 g/mol. The van der Waals surface area contributed by atoms with Crippen LogP contribution in [0.25, 0.3) is 0 Å². The molecule has 0 aliphatic rings. The fraction of sp³-hybridized carbons (Fsp3) is 0.571. The van der Waals surface area contributed by atoms with Gasteiger partial charge in [0, 0.05) is 18.9 Å². The first-order valence-electron chi connectivity index (χ1n) is 3.81. The molecule has 0 fully saturated rings. The van der Waals surface area contributed by atoms with Gasteiger partial charge < -0.3 is 16.0 Å². The highest BCUT2D eigenvalue weighted by molar-refractivity contribution is 5.16. The van der Waals surface area contributed by atoms with Gasteiger partial charge in [-0.3, -0.25) is 0 Å². The van der Waals surface area contributed by atoms with Crippen LogP contribution in [0.4, 0.5) is 5.95 Å². The molecule has 1 aromatic heterocycles. The van der Waals surface area contributed by atoms with Crippen LogP contribution in [-0.4, -0.2) is 16.1 Å². The topological polar surface area (TPSA) is 69.9 Å². The molecule has 0 aliphatic carbocycles. The summed E-state index contributed by atoms with van der Waals surface area (Å²) in [5.41, 5.74) is 10.9. The molecule has 0 spiro atoms. The number of hydrogen-bond acceptors (Lipinski definition) is 3. The molecule has 0 saturated carbocycles. The van der Waals surface area contributed by atoms with Crippen molar-refractivity contribution in [3.8, 4) is 0 Å². The summed E-state index contributed by atoms with van der Waals surface area (Å²) in [6.45, 7) is 1.66. The van der Waals surface area contributed by atoms with Crippen LogP contribution < -0.4 is 11.5 Å². The second kappa shape index (κ2) is 3.98. The first kappa shape index (κ1) is 8.07. The number of aryl methyl sites for hydroxylation is 1. The van der Waals surface area contributed by atoms with E-state index in [0.717, 1.165) is 25.9 Å². The zero-order valence-electron chi connectivity index (χ0n) is 6.53. The minimum atomic E-state index is 0.585. The summed E-state index contributed by atoms with van der Waals surface area (Å²) in [5.74, 6) is 0.585. The average Bonchev–Trinajstić information content (AvgIpc) is 2.37. The lowest BCUT2D eigenvalue weighted by Crippen LogP contribution is -2.05. The molecule has 1 aromatic rings. The summed E-state index contributed by atoms with van der Waals surface area (Å²) < 4.78 is 1.93. The number of nitrogens with two attached hydrogens (primary N) is 2. The maximum Gasteiger partial charge on any atom is 0.200 e. The van der Waals surface area contributed by atoms with E-state index in [9.17, 15) is 0 Å². The second-order valence-corrected chi connectivity index (χ2v) is 2.47. The first-order valence-corrected chi connectivity index (χ1v) is 3.81. The quantitative estimate of drug-likeness (QED) is 0.609. The molecule has 1 heterocycles. The Bertz CT molecular complexity index is 206. The molecule has 0 aromatic carbocycles. The fourth-order valence-corrected chi connectivity index (χ4v) is 0.956. The largest absolute Gasteiger partial charge is 0.369 e. The maximum absolute atomic E-state index is 5.54. The molecule has 0 bridgehead atoms. The molecule has 4 nitrogen and oxygen atoms in total. The van der Waals surface area contributed by atoms with E-state index in [-0.39, 0.29) is 0 Å². The number of unbranched alkanes of at least 4 members (excludes halogenated alkanes) is 1. The van der Waals surface area contributed by atoms with Crippen molar-refractivity contribution in [3.05, 3.63) is 12.4 Å². The van der Waals surface area contributed by atoms with E-state index >= 15 is 0 Å². The van der Waals surface area contributed by atoms with Crippen LogP contribution in [0.5, 0.6) is 0 Å². The van der Waals surface area contributed by atoms with E-state index in [2.05, 4.69) is 4.98 Å². The van der Waals surface area contributed by atoms with E-state index in [1.165, 1.54) is 0 Å². The minimum Gasteiger partial charge on any atom is -0.369 e. The van der Waals surface area contributed by atoms with E-state index in [0.29, 0.717) is 5.95 Å². The first-order chi connectivity index (χ1) is 5.34. The maximum atomic E-state index is 5.54. The smallest absolute Gasteiger partial charge is 0.200 e. The molecular weight excluding hydrogens is 140 g/mol. The Labute approximate surface area is 66.2 Å². The standard InChI is InChI=1S/C7H14N4/c8-3-1-2-5-11-6-4-10-7(11)9/h4,6H,1-3,5,8H2,(H2,9,10). The number of aromatic nitrogens is 2. The van der Waals surface area contributed by atoms with Gasteiger partial charge in [0.15, 0.2) is 5.95 Å². The summed E-state index contributed by atoms with van der Waals surface area (Å²) in [4.78, 5) is 3.90. The number of nitrogens with zero attached hydrogens (tertiary/aromatic N) is 2. The molecular formula is C7H14N4. The normalized spacial score (nSPS) is 10.3. The van der Waals surface area contributed by atoms with Gasteiger partial charge in [0.1, 0.15) is 0 Å². The van der Waals surface area contributed by atoms with Crippen molar-refractivity contribution in [1.29, 1.82) is 0 Å². The van der Waals surface area contributed by atoms with Gasteiger partial charge in [0.25, 0.3) is 0 Å². The predicted molar refractivity (Wildman–Crippen MR) is 44.9 cm³/mol. The van der Waals surface area contributed by atoms with Crippen LogP contribution in [0.3, 0.4) is 0 Å². The summed E-state index contributed by atoms with van der Waals surface area (Å²) in [6.07, 6.45) is 5.69. The SMILES string of the molecule is NCCCCn1ccnc1N. The Balaban J connectivity index is 2.32. The van der Waals surface area contributed by atoms with Crippen LogP contribution in [0.2, 0.25) is 0 Å². The lowest BCUT2D eigenvalue weighted by atomic mass is 10.3. The molecule has 11 heavy (non-hydrogen) atoms. The van der Waals surface area contributed by atoms with E-state index in [1.54, 1.807) is 6.20 Å². The second-order valence-electron chi connectivity index (χ2n) is 2.47. The third-order valence-electron chi connectivity index (χ3n) is 1.60. The van der Waals surface area contributed by atoms with Gasteiger partial charge in [-0.05, 0) is 19.4 Å². The van der Waals surface area contributed by atoms with Crippen molar-refractivity contribution in [1.82, 2.24) is 9.55 Å². The van der Waals surface area contributed by atoms with Gasteiger partial charge in [-0.1, -0.05) is 0 Å². The van der Waals surface area contributed by atoms with Crippen molar-refractivity contribution >= 4 is 5.95 Å². The highest BCUT2D eigenvalue weighted by Gasteiger charge is 1.94. The zero-order valence-corrected chi connectivity index (χ0v) is 6.53. The summed E-state index contributed by atoms with van der Waals surface area (Å²) in [6, 6.07) is 0. The van der Waals surface area contributed by atoms with Crippen LogP contribution in [0, 0.1) is 0 Å². The fourth-order valence-electron chi connectivity index (χ4n) is 0.956. The van der Waals surface area contributed by atoms with Crippen molar-refractivity contribution in [2.75, 3.05) is 12.3 Å². The average molecular weight is 154 g/mol. The predicted octanol–water partition coefficient (Wildman–Crippen LogP) is 0.204. The van der Waals surface area contributed by atoms with E-state index < -0.39 is 0 Å². The molecule has 0 amide bonds. The molecule has 4 N–H and O–H groups in total. The lowest BCUT2D eigenvalue weighted by Gasteiger charge is -2.02. The van der Waals surface area contributed by atoms with E-state index in [1.807, 2.05) is 10.8 Å². The Kier molecular flexibility index (Phi) is 2.92. The molecule has 0 aliphatic heterocycles. The molecule has 62 valence electrons. The molecule has 4 heteroatoms. The third-order valence-corrected chi connectivity index (χ3v) is 1.60. The molecule has 1 rings (SSSR count). The van der Waals surface area contributed by atoms with Gasteiger partial charge >= 0.3 is 0 Å². The van der Waals surface area contributed by atoms with Crippen LogP contribution in [0.1, 0.15) is 12.8 Å². The van der Waals surface area contributed by atoms with Crippen molar-refractivity contribution < 1.29 is 0 Å². The van der Waals surface area contributed by atoms with Crippen molar-refractivity contribution in [2.45, 2.75) is 19.4 Å². The number of rotatable bonds is 4. The van der Waals surface area contributed by atoms with Gasteiger partial charge in [0.05, 0.1) is 0 Å². The van der Waals surface area contributed by atoms with Gasteiger partial charge in [-0.25, -0.2) is 4.98 Å². The van der Waals surface area contributed by atoms with Crippen LogP contribution >= 0.6 is 0 Å². The number of imidazole rings is 1. The Morgan fingerprint density at radius 3 is 2.82 bits per heavy atom. The lowest BCUT2D eigenvalue weighted by molar-refractivity contribution is 0.621. The number of hydrogen-bond donors (Lipinski definition) is 2. The summed E-state index contributed by atoms with van der Waals surface area (Å²) in [7, 11) is 0. The van der Waals surface area contributed by atoms with Crippen LogP contribution in [-0.2, 0) is 6.54 Å². The minimum absolute atomic E-state index is 0.585. The van der Waals surface area contributed by atoms with Crippen LogP contribution in [0.15, 0.2) is 12.4 Å². The molecule has 0 unspecified atom stereocenters. The number of nitrogen functional groups attached to an aromatic ring is 1. The highest BCUT2D eigenvalue weighted by Crippen LogP contribution is 2.00. The van der Waals surface area contributed by atoms with Gasteiger partial charge in [-0.15, -0.1) is 0 Å². The molecule has 0 saturated heterocycles. The van der Waals surface area contributed by atoms with Gasteiger partial charge in [0.2, 0.25) is 0 Å². The van der Waals surface area contributed by atoms with E-state index in [4.69, 9.17) is 11.5 Å². The Hall–Kier alpha value is -1.03. The zero-order chi connectivity index (χ0) is 8.10. The Morgan fingerprint density at radius 1 is 1.45 bits per heavy atom. The third kappa shape index (κ3) is 2.23. The summed E-state index contributed by atoms with van der Waals surface area (Å²) in [5, 5.41) is 0. The van der Waals surface area contributed by atoms with Crippen molar-refractivity contribution in [2.24, 2.45) is 5.73 Å². The summed E-state index contributed by atoms with van der Waals surface area (Å²) >= 11 is 0. The highest BCUT2D eigenvalue weighted by atomic mass is 15.1. The van der Waals surface area contributed by atoms with Crippen molar-refractivity contribution in [3.63, 3.8) is 0 Å². The number of anilines is 1.